The van der Waals surface area contributed by atoms with E-state index in [4.69, 9.17) is 4.74 Å². The summed E-state index contributed by atoms with van der Waals surface area (Å²) in [5.41, 5.74) is 4.60. The molecule has 1 N–H and O–H groups in total. The highest BCUT2D eigenvalue weighted by Crippen LogP contribution is 2.45. The van der Waals surface area contributed by atoms with Crippen molar-refractivity contribution in [3.63, 3.8) is 0 Å². The molecule has 0 bridgehead atoms. The van der Waals surface area contributed by atoms with Gasteiger partial charge in [-0.15, -0.1) is 0 Å². The number of hydrogen-bond acceptors (Lipinski definition) is 3. The Morgan fingerprint density at radius 2 is 1.76 bits per heavy atom. The van der Waals surface area contributed by atoms with Crippen LogP contribution in [0.25, 0.3) is 0 Å². The van der Waals surface area contributed by atoms with Crippen LogP contribution in [0.15, 0.2) is 42.5 Å². The zero-order valence-electron chi connectivity index (χ0n) is 18.0. The third-order valence-corrected chi connectivity index (χ3v) is 5.98. The maximum absolute atomic E-state index is 12.9. The molecular weight excluding hydrogens is 362 g/mol. The van der Waals surface area contributed by atoms with Crippen molar-refractivity contribution in [2.24, 2.45) is 5.92 Å². The fraction of sp³-hybridized carbons (Fsp3) is 0.440. The van der Waals surface area contributed by atoms with E-state index in [1.807, 2.05) is 6.07 Å². The van der Waals surface area contributed by atoms with Gasteiger partial charge in [0.1, 0.15) is 0 Å². The normalized spacial score (nSPS) is 17.5. The van der Waals surface area contributed by atoms with E-state index in [0.29, 0.717) is 35.3 Å². The summed E-state index contributed by atoms with van der Waals surface area (Å²) in [5, 5.41) is 2.94. The number of esters is 1. The second-order valence-electron chi connectivity index (χ2n) is 8.83. The monoisotopic (exact) mass is 393 g/mol. The quantitative estimate of drug-likeness (QED) is 0.641. The van der Waals surface area contributed by atoms with Crippen LogP contribution in [0.1, 0.15) is 85.2 Å². The lowest BCUT2D eigenvalue weighted by atomic mass is 9.66. The summed E-state index contributed by atoms with van der Waals surface area (Å²) < 4.78 is 4.99. The molecule has 154 valence electrons. The van der Waals surface area contributed by atoms with Crippen molar-refractivity contribution in [2.75, 3.05) is 11.9 Å². The number of ether oxygens (including phenoxy) is 1. The van der Waals surface area contributed by atoms with Crippen LogP contribution < -0.4 is 5.32 Å². The summed E-state index contributed by atoms with van der Waals surface area (Å²) >= 11 is 0. The zero-order chi connectivity index (χ0) is 21.2. The van der Waals surface area contributed by atoms with Gasteiger partial charge in [0.2, 0.25) is 0 Å². The van der Waals surface area contributed by atoms with Crippen LogP contribution >= 0.6 is 0 Å². The summed E-state index contributed by atoms with van der Waals surface area (Å²) in [6.45, 7) is 11.2. The molecule has 2 aromatic rings. The van der Waals surface area contributed by atoms with Gasteiger partial charge in [-0.2, -0.15) is 0 Å². The average molecular weight is 394 g/mol. The van der Waals surface area contributed by atoms with Crippen molar-refractivity contribution in [1.82, 2.24) is 0 Å². The molecule has 1 aliphatic carbocycles. The summed E-state index contributed by atoms with van der Waals surface area (Å²) in [6.07, 6.45) is 2.32. The topological polar surface area (TPSA) is 55.4 Å². The molecule has 3 rings (SSSR count). The maximum atomic E-state index is 12.9. The first-order valence-corrected chi connectivity index (χ1v) is 10.5. The fourth-order valence-corrected chi connectivity index (χ4v) is 4.23. The Balaban J connectivity index is 1.81. The first-order valence-electron chi connectivity index (χ1n) is 10.5. The lowest BCUT2D eigenvalue weighted by Gasteiger charge is -2.39. The molecule has 1 atom stereocenters. The molecule has 1 aliphatic rings. The van der Waals surface area contributed by atoms with Gasteiger partial charge in [0.25, 0.3) is 5.91 Å². The van der Waals surface area contributed by atoms with E-state index in [1.54, 1.807) is 31.2 Å². The van der Waals surface area contributed by atoms with Gasteiger partial charge in [0, 0.05) is 11.3 Å². The van der Waals surface area contributed by atoms with E-state index < -0.39 is 0 Å². The van der Waals surface area contributed by atoms with Crippen molar-refractivity contribution < 1.29 is 14.3 Å². The van der Waals surface area contributed by atoms with Crippen molar-refractivity contribution in [3.05, 3.63) is 64.7 Å². The minimum atomic E-state index is -0.359. The molecule has 2 aromatic carbocycles. The smallest absolute Gasteiger partial charge is 0.338 e. The summed E-state index contributed by atoms with van der Waals surface area (Å²) in [6, 6.07) is 12.9. The van der Waals surface area contributed by atoms with E-state index in [-0.39, 0.29) is 17.3 Å². The second-order valence-corrected chi connectivity index (χ2v) is 8.83. The van der Waals surface area contributed by atoms with Crippen LogP contribution in [0.4, 0.5) is 5.69 Å². The number of anilines is 1. The molecular formula is C25H31NO3. The molecule has 0 fully saturated rings. The minimum Gasteiger partial charge on any atom is -0.462 e. The molecule has 4 heteroatoms. The summed E-state index contributed by atoms with van der Waals surface area (Å²) in [4.78, 5) is 24.6. The van der Waals surface area contributed by atoms with Gasteiger partial charge in [-0.05, 0) is 84.5 Å². The predicted octanol–water partition coefficient (Wildman–Crippen LogP) is 5.93. The van der Waals surface area contributed by atoms with Crippen molar-refractivity contribution in [1.29, 1.82) is 0 Å². The lowest BCUT2D eigenvalue weighted by Crippen LogP contribution is -2.28. The van der Waals surface area contributed by atoms with E-state index >= 15 is 0 Å². The number of benzene rings is 2. The fourth-order valence-electron chi connectivity index (χ4n) is 4.23. The van der Waals surface area contributed by atoms with Crippen LogP contribution in [0.3, 0.4) is 0 Å². The average Bonchev–Trinajstić information content (AvgIpc) is 2.68. The van der Waals surface area contributed by atoms with Crippen LogP contribution in [-0.2, 0) is 10.2 Å². The van der Waals surface area contributed by atoms with Crippen molar-refractivity contribution in [3.8, 4) is 0 Å². The molecule has 1 amide bonds. The van der Waals surface area contributed by atoms with Gasteiger partial charge in [-0.1, -0.05) is 33.8 Å². The maximum Gasteiger partial charge on any atom is 0.338 e. The molecule has 29 heavy (non-hydrogen) atoms. The summed E-state index contributed by atoms with van der Waals surface area (Å²) in [7, 11) is 0. The Morgan fingerprint density at radius 1 is 1.10 bits per heavy atom. The van der Waals surface area contributed by atoms with Crippen molar-refractivity contribution >= 4 is 17.6 Å². The Hall–Kier alpha value is -2.62. The van der Waals surface area contributed by atoms with E-state index in [0.717, 1.165) is 6.42 Å². The Kier molecular flexibility index (Phi) is 6.11. The Bertz CT molecular complexity index is 897. The highest BCUT2D eigenvalue weighted by atomic mass is 16.5. The van der Waals surface area contributed by atoms with Gasteiger partial charge in [-0.25, -0.2) is 4.79 Å². The van der Waals surface area contributed by atoms with E-state index in [2.05, 4.69) is 45.1 Å². The number of carbonyl (C=O) groups is 2. The minimum absolute atomic E-state index is 0.137. The highest BCUT2D eigenvalue weighted by Gasteiger charge is 2.34. The highest BCUT2D eigenvalue weighted by molar-refractivity contribution is 6.04. The summed E-state index contributed by atoms with van der Waals surface area (Å²) in [5.74, 6) is 0.526. The number of carbonyl (C=O) groups excluding carboxylic acids is 2. The van der Waals surface area contributed by atoms with Crippen LogP contribution in [0, 0.1) is 5.92 Å². The number of nitrogens with one attached hydrogen (secondary N) is 1. The first kappa shape index (κ1) is 21.1. The lowest BCUT2D eigenvalue weighted by molar-refractivity contribution is 0.0526. The molecule has 0 saturated carbocycles. The van der Waals surface area contributed by atoms with E-state index in [1.165, 1.54) is 17.5 Å². The van der Waals surface area contributed by atoms with Crippen LogP contribution in [0.5, 0.6) is 0 Å². The molecule has 0 aromatic heterocycles. The Labute approximate surface area is 173 Å². The van der Waals surface area contributed by atoms with Gasteiger partial charge >= 0.3 is 5.97 Å². The molecule has 0 radical (unpaired) electrons. The number of rotatable bonds is 5. The standard InChI is InChI=1S/C25H31NO3/c1-6-29-24(28)17-7-10-19(11-8-17)26-23(27)18-9-12-22-21(15-18)20(16(2)3)13-14-25(22,4)5/h7-12,15-16,20H,6,13-14H2,1-5H3,(H,26,27). The van der Waals surface area contributed by atoms with E-state index in [9.17, 15) is 9.59 Å². The SMILES string of the molecule is CCOC(=O)c1ccc(NC(=O)c2ccc3c(c2)C(C(C)C)CCC3(C)C)cc1. The molecule has 0 saturated heterocycles. The van der Waals surface area contributed by atoms with Gasteiger partial charge in [0.05, 0.1) is 12.2 Å². The molecule has 0 spiro atoms. The van der Waals surface area contributed by atoms with Crippen LogP contribution in [-0.4, -0.2) is 18.5 Å². The number of fused-ring (bicyclic) bond motifs is 1. The molecule has 0 aliphatic heterocycles. The van der Waals surface area contributed by atoms with Gasteiger partial charge < -0.3 is 10.1 Å². The predicted molar refractivity (Wildman–Crippen MR) is 117 cm³/mol. The Morgan fingerprint density at radius 3 is 2.38 bits per heavy atom. The molecule has 4 nitrogen and oxygen atoms in total. The first-order chi connectivity index (χ1) is 13.7. The largest absolute Gasteiger partial charge is 0.462 e. The second kappa shape index (κ2) is 8.40. The van der Waals surface area contributed by atoms with Gasteiger partial charge in [-0.3, -0.25) is 4.79 Å². The van der Waals surface area contributed by atoms with Gasteiger partial charge in [0.15, 0.2) is 0 Å². The number of amides is 1. The molecule has 0 heterocycles. The van der Waals surface area contributed by atoms with Crippen LogP contribution in [0.2, 0.25) is 0 Å². The third kappa shape index (κ3) is 4.52. The zero-order valence-corrected chi connectivity index (χ0v) is 18.0. The number of hydrogen-bond donors (Lipinski definition) is 1. The third-order valence-electron chi connectivity index (χ3n) is 5.98. The van der Waals surface area contributed by atoms with Crippen molar-refractivity contribution in [2.45, 2.75) is 58.8 Å². The molecule has 1 unspecified atom stereocenters.